The van der Waals surface area contributed by atoms with Gasteiger partial charge in [-0.15, -0.1) is 0 Å². The van der Waals surface area contributed by atoms with E-state index in [0.717, 1.165) is 36.8 Å². The van der Waals surface area contributed by atoms with Crippen LogP contribution < -0.4 is 4.74 Å². The highest BCUT2D eigenvalue weighted by molar-refractivity contribution is 9.10. The van der Waals surface area contributed by atoms with Crippen molar-refractivity contribution in [1.29, 1.82) is 0 Å². The van der Waals surface area contributed by atoms with Gasteiger partial charge in [0.15, 0.2) is 0 Å². The Morgan fingerprint density at radius 3 is 2.50 bits per heavy atom. The van der Waals surface area contributed by atoms with E-state index in [0.29, 0.717) is 17.8 Å². The van der Waals surface area contributed by atoms with Crippen molar-refractivity contribution in [2.24, 2.45) is 5.92 Å². The zero-order valence-electron chi connectivity index (χ0n) is 11.3. The van der Waals surface area contributed by atoms with Crippen molar-refractivity contribution < 1.29 is 9.53 Å². The van der Waals surface area contributed by atoms with Gasteiger partial charge in [0, 0.05) is 44.7 Å². The van der Waals surface area contributed by atoms with Crippen LogP contribution in [0.2, 0.25) is 0 Å². The number of likely N-dealkylation sites (tertiary alicyclic amines) is 1. The highest BCUT2D eigenvalue weighted by Gasteiger charge is 2.29. The van der Waals surface area contributed by atoms with Gasteiger partial charge in [-0.25, -0.2) is 9.97 Å². The molecular formula is C14H18BrN3O2. The molecule has 1 aliphatic heterocycles. The number of nitrogens with zero attached hydrogens (tertiary/aromatic N) is 3. The molecule has 0 spiro atoms. The Bertz CT molecular complexity index is 468. The molecule has 1 aliphatic carbocycles. The molecule has 5 nitrogen and oxygen atoms in total. The summed E-state index contributed by atoms with van der Waals surface area (Å²) in [5.41, 5.74) is 0. The van der Waals surface area contributed by atoms with E-state index in [-0.39, 0.29) is 6.10 Å². The van der Waals surface area contributed by atoms with E-state index in [1.807, 2.05) is 4.90 Å². The molecule has 1 aromatic heterocycles. The van der Waals surface area contributed by atoms with Crippen LogP contribution in [0.25, 0.3) is 0 Å². The van der Waals surface area contributed by atoms with Crippen LogP contribution in [0.5, 0.6) is 6.01 Å². The molecule has 2 aliphatic rings. The maximum absolute atomic E-state index is 12.0. The summed E-state index contributed by atoms with van der Waals surface area (Å²) in [5, 5.41) is 0. The molecule has 108 valence electrons. The standard InChI is InChI=1S/C14H18BrN3O2/c15-11-8-16-14(17-9-11)20-12-3-5-18(6-4-12)13(19)7-10-1-2-10/h8-10,12H,1-7H2. The first kappa shape index (κ1) is 13.8. The third-order valence-electron chi connectivity index (χ3n) is 3.82. The predicted molar refractivity (Wildman–Crippen MR) is 77.3 cm³/mol. The van der Waals surface area contributed by atoms with Crippen LogP contribution in [-0.4, -0.2) is 40.0 Å². The van der Waals surface area contributed by atoms with Gasteiger partial charge in [0.2, 0.25) is 5.91 Å². The van der Waals surface area contributed by atoms with Crippen molar-refractivity contribution in [2.75, 3.05) is 13.1 Å². The Morgan fingerprint density at radius 1 is 1.25 bits per heavy atom. The lowest BCUT2D eigenvalue weighted by Crippen LogP contribution is -2.42. The van der Waals surface area contributed by atoms with Crippen molar-refractivity contribution in [3.05, 3.63) is 16.9 Å². The normalized spacial score (nSPS) is 19.9. The number of aromatic nitrogens is 2. The summed E-state index contributed by atoms with van der Waals surface area (Å²) in [7, 11) is 0. The maximum atomic E-state index is 12.0. The van der Waals surface area contributed by atoms with Gasteiger partial charge in [-0.3, -0.25) is 4.79 Å². The van der Waals surface area contributed by atoms with Crippen LogP contribution >= 0.6 is 15.9 Å². The predicted octanol–water partition coefficient (Wildman–Crippen LogP) is 2.41. The first-order valence-electron chi connectivity index (χ1n) is 7.12. The quantitative estimate of drug-likeness (QED) is 0.845. The third-order valence-corrected chi connectivity index (χ3v) is 4.23. The van der Waals surface area contributed by atoms with Crippen molar-refractivity contribution in [2.45, 2.75) is 38.2 Å². The first-order valence-corrected chi connectivity index (χ1v) is 7.92. The molecular weight excluding hydrogens is 322 g/mol. The number of carbonyl (C=O) groups is 1. The molecule has 3 rings (SSSR count). The number of hydrogen-bond donors (Lipinski definition) is 0. The van der Waals surface area contributed by atoms with Gasteiger partial charge in [-0.05, 0) is 34.7 Å². The number of hydrogen-bond acceptors (Lipinski definition) is 4. The largest absolute Gasteiger partial charge is 0.460 e. The number of ether oxygens (including phenoxy) is 1. The van der Waals surface area contributed by atoms with Crippen LogP contribution in [0, 0.1) is 5.92 Å². The minimum atomic E-state index is 0.112. The second kappa shape index (κ2) is 6.08. The lowest BCUT2D eigenvalue weighted by atomic mass is 10.1. The molecule has 0 N–H and O–H groups in total. The van der Waals surface area contributed by atoms with E-state index in [9.17, 15) is 4.79 Å². The smallest absolute Gasteiger partial charge is 0.316 e. The van der Waals surface area contributed by atoms with Crippen LogP contribution in [0.3, 0.4) is 0 Å². The summed E-state index contributed by atoms with van der Waals surface area (Å²) in [5.74, 6) is 0.971. The van der Waals surface area contributed by atoms with Crippen molar-refractivity contribution in [3.8, 4) is 6.01 Å². The van der Waals surface area contributed by atoms with Gasteiger partial charge in [0.25, 0.3) is 0 Å². The summed E-state index contributed by atoms with van der Waals surface area (Å²) in [6.45, 7) is 1.57. The lowest BCUT2D eigenvalue weighted by molar-refractivity contribution is -0.133. The number of amides is 1. The minimum Gasteiger partial charge on any atom is -0.460 e. The molecule has 6 heteroatoms. The molecule has 0 unspecified atom stereocenters. The molecule has 0 atom stereocenters. The maximum Gasteiger partial charge on any atom is 0.316 e. The van der Waals surface area contributed by atoms with E-state index in [2.05, 4.69) is 25.9 Å². The fourth-order valence-corrected chi connectivity index (χ4v) is 2.64. The lowest BCUT2D eigenvalue weighted by Gasteiger charge is -2.31. The Balaban J connectivity index is 1.45. The summed E-state index contributed by atoms with van der Waals surface area (Å²) in [6, 6.07) is 0.413. The fraction of sp³-hybridized carbons (Fsp3) is 0.643. The monoisotopic (exact) mass is 339 g/mol. The summed E-state index contributed by atoms with van der Waals surface area (Å²) in [6.07, 6.45) is 8.37. The van der Waals surface area contributed by atoms with Crippen LogP contribution in [0.1, 0.15) is 32.1 Å². The number of halogens is 1. The van der Waals surface area contributed by atoms with Gasteiger partial charge in [-0.1, -0.05) is 0 Å². The average Bonchev–Trinajstić information content (AvgIpc) is 3.26. The fourth-order valence-electron chi connectivity index (χ4n) is 2.43. The van der Waals surface area contributed by atoms with Crippen LogP contribution in [-0.2, 0) is 4.79 Å². The summed E-state index contributed by atoms with van der Waals surface area (Å²) < 4.78 is 6.59. The van der Waals surface area contributed by atoms with E-state index in [1.54, 1.807) is 12.4 Å². The van der Waals surface area contributed by atoms with Crippen molar-refractivity contribution in [1.82, 2.24) is 14.9 Å². The second-order valence-electron chi connectivity index (χ2n) is 5.53. The van der Waals surface area contributed by atoms with Gasteiger partial charge < -0.3 is 9.64 Å². The highest BCUT2D eigenvalue weighted by Crippen LogP contribution is 2.33. The molecule has 1 saturated carbocycles. The van der Waals surface area contributed by atoms with Crippen molar-refractivity contribution >= 4 is 21.8 Å². The Labute approximate surface area is 126 Å². The van der Waals surface area contributed by atoms with E-state index >= 15 is 0 Å². The van der Waals surface area contributed by atoms with Crippen LogP contribution in [0.4, 0.5) is 0 Å². The second-order valence-corrected chi connectivity index (χ2v) is 6.45. The van der Waals surface area contributed by atoms with E-state index in [4.69, 9.17) is 4.74 Å². The number of rotatable bonds is 4. The first-order chi connectivity index (χ1) is 9.70. The highest BCUT2D eigenvalue weighted by atomic mass is 79.9. The molecule has 2 fully saturated rings. The number of piperidine rings is 1. The SMILES string of the molecule is O=C(CC1CC1)N1CCC(Oc2ncc(Br)cn2)CC1. The molecule has 0 radical (unpaired) electrons. The Hall–Kier alpha value is -1.17. The van der Waals surface area contributed by atoms with Gasteiger partial charge in [-0.2, -0.15) is 0 Å². The third kappa shape index (κ3) is 3.69. The molecule has 2 heterocycles. The molecule has 20 heavy (non-hydrogen) atoms. The Kier molecular flexibility index (Phi) is 4.19. The van der Waals surface area contributed by atoms with E-state index in [1.165, 1.54) is 12.8 Å². The van der Waals surface area contributed by atoms with Gasteiger partial charge >= 0.3 is 6.01 Å². The summed E-state index contributed by atoms with van der Waals surface area (Å²) in [4.78, 5) is 22.2. The minimum absolute atomic E-state index is 0.112. The van der Waals surface area contributed by atoms with Gasteiger partial charge in [0.1, 0.15) is 6.10 Å². The van der Waals surface area contributed by atoms with E-state index < -0.39 is 0 Å². The topological polar surface area (TPSA) is 55.3 Å². The molecule has 0 bridgehead atoms. The molecule has 1 aromatic rings. The molecule has 0 aromatic carbocycles. The zero-order chi connectivity index (χ0) is 13.9. The molecule has 1 saturated heterocycles. The average molecular weight is 340 g/mol. The summed E-state index contributed by atoms with van der Waals surface area (Å²) >= 11 is 3.29. The number of carbonyl (C=O) groups excluding carboxylic acids is 1. The van der Waals surface area contributed by atoms with Crippen molar-refractivity contribution in [3.63, 3.8) is 0 Å². The van der Waals surface area contributed by atoms with Crippen LogP contribution in [0.15, 0.2) is 16.9 Å². The Morgan fingerprint density at radius 2 is 1.90 bits per heavy atom. The van der Waals surface area contributed by atoms with Gasteiger partial charge in [0.05, 0.1) is 4.47 Å². The molecule has 1 amide bonds. The zero-order valence-corrected chi connectivity index (χ0v) is 12.9.